The number of esters is 1. The summed E-state index contributed by atoms with van der Waals surface area (Å²) < 4.78 is 5.17. The van der Waals surface area contributed by atoms with Crippen molar-refractivity contribution < 1.29 is 24.2 Å². The minimum absolute atomic E-state index is 0.259. The highest BCUT2D eigenvalue weighted by molar-refractivity contribution is 5.88. The first-order valence-electron chi connectivity index (χ1n) is 8.39. The number of carboxylic acids is 1. The van der Waals surface area contributed by atoms with E-state index in [4.69, 9.17) is 4.74 Å². The molecular weight excluding hydrogens is 300 g/mol. The van der Waals surface area contributed by atoms with Gasteiger partial charge in [-0.05, 0) is 39.5 Å². The smallest absolute Gasteiger partial charge is 0.326 e. The third-order valence-corrected chi connectivity index (χ3v) is 4.81. The van der Waals surface area contributed by atoms with Crippen LogP contribution >= 0.6 is 0 Å². The van der Waals surface area contributed by atoms with Crippen molar-refractivity contribution in [2.75, 3.05) is 13.2 Å². The quantitative estimate of drug-likeness (QED) is 0.705. The Morgan fingerprint density at radius 2 is 1.96 bits per heavy atom. The predicted molar refractivity (Wildman–Crippen MR) is 82.8 cm³/mol. The summed E-state index contributed by atoms with van der Waals surface area (Å²) >= 11 is 0. The average Bonchev–Trinajstić information content (AvgIpc) is 3.16. The number of hydrogen-bond donors (Lipinski definition) is 2. The normalized spacial score (nSPS) is 24.4. The third-order valence-electron chi connectivity index (χ3n) is 4.81. The second-order valence-electron chi connectivity index (χ2n) is 6.40. The van der Waals surface area contributed by atoms with Crippen LogP contribution in [0.5, 0.6) is 0 Å². The van der Waals surface area contributed by atoms with E-state index in [0.29, 0.717) is 38.8 Å². The van der Waals surface area contributed by atoms with Gasteiger partial charge in [0.25, 0.3) is 0 Å². The highest BCUT2D eigenvalue weighted by atomic mass is 16.5. The van der Waals surface area contributed by atoms with Crippen LogP contribution in [0.25, 0.3) is 0 Å². The molecule has 7 nitrogen and oxygen atoms in total. The van der Waals surface area contributed by atoms with Gasteiger partial charge in [-0.3, -0.25) is 14.9 Å². The zero-order chi connectivity index (χ0) is 17.0. The second-order valence-corrected chi connectivity index (χ2v) is 6.40. The summed E-state index contributed by atoms with van der Waals surface area (Å²) in [5.74, 6) is -1.54. The molecule has 1 aliphatic heterocycles. The average molecular weight is 326 g/mol. The van der Waals surface area contributed by atoms with E-state index in [-0.39, 0.29) is 11.9 Å². The molecule has 0 aromatic heterocycles. The molecule has 1 heterocycles. The van der Waals surface area contributed by atoms with Gasteiger partial charge in [-0.25, -0.2) is 4.79 Å². The molecule has 2 atom stereocenters. The number of carboxylic acid groups (broad SMARTS) is 1. The van der Waals surface area contributed by atoms with Gasteiger partial charge in [-0.15, -0.1) is 0 Å². The fraction of sp³-hybridized carbons (Fsp3) is 0.812. The predicted octanol–water partition coefficient (Wildman–Crippen LogP) is 0.916. The zero-order valence-electron chi connectivity index (χ0n) is 13.8. The first-order valence-corrected chi connectivity index (χ1v) is 8.39. The molecule has 0 spiro atoms. The van der Waals surface area contributed by atoms with E-state index in [1.807, 2.05) is 0 Å². The molecular formula is C16H26N2O5. The highest BCUT2D eigenvalue weighted by Gasteiger charge is 2.45. The van der Waals surface area contributed by atoms with Crippen molar-refractivity contribution in [3.05, 3.63) is 0 Å². The Morgan fingerprint density at radius 1 is 1.30 bits per heavy atom. The lowest BCUT2D eigenvalue weighted by atomic mass is 9.96. The van der Waals surface area contributed by atoms with E-state index >= 15 is 0 Å². The lowest BCUT2D eigenvalue weighted by molar-refractivity contribution is -0.153. The van der Waals surface area contributed by atoms with Gasteiger partial charge in [0.2, 0.25) is 5.91 Å². The molecule has 2 N–H and O–H groups in total. The molecule has 0 aromatic rings. The summed E-state index contributed by atoms with van der Waals surface area (Å²) in [6.07, 6.45) is 4.29. The van der Waals surface area contributed by atoms with E-state index < -0.39 is 23.6 Å². The molecule has 0 bridgehead atoms. The minimum atomic E-state index is -0.968. The van der Waals surface area contributed by atoms with Crippen molar-refractivity contribution in [2.45, 2.75) is 70.0 Å². The number of aliphatic carboxylic acids is 1. The van der Waals surface area contributed by atoms with Gasteiger partial charge in [0, 0.05) is 6.54 Å². The minimum Gasteiger partial charge on any atom is -0.480 e. The van der Waals surface area contributed by atoms with Crippen LogP contribution in [0.4, 0.5) is 0 Å². The van der Waals surface area contributed by atoms with Crippen molar-refractivity contribution in [3.63, 3.8) is 0 Å². The monoisotopic (exact) mass is 326 g/mol. The third kappa shape index (κ3) is 3.65. The number of hydrogen-bond acceptors (Lipinski definition) is 5. The number of ether oxygens (including phenoxy) is 1. The molecule has 0 radical (unpaired) electrons. The second kappa shape index (κ2) is 7.29. The lowest BCUT2D eigenvalue weighted by Crippen LogP contribution is -2.59. The van der Waals surface area contributed by atoms with Crippen LogP contribution in [-0.4, -0.2) is 58.6 Å². The van der Waals surface area contributed by atoms with Crippen LogP contribution in [-0.2, 0) is 19.1 Å². The Balaban J connectivity index is 2.06. The Hall–Kier alpha value is -1.63. The number of nitrogens with zero attached hydrogens (tertiary/aromatic N) is 1. The molecule has 1 saturated carbocycles. The van der Waals surface area contributed by atoms with Crippen molar-refractivity contribution in [3.8, 4) is 0 Å². The molecule has 2 aliphatic rings. The van der Waals surface area contributed by atoms with Crippen molar-refractivity contribution in [1.29, 1.82) is 0 Å². The number of carbonyl (C=O) groups is 3. The fourth-order valence-corrected chi connectivity index (χ4v) is 3.67. The largest absolute Gasteiger partial charge is 0.480 e. The molecule has 7 heteroatoms. The molecule has 2 fully saturated rings. The van der Waals surface area contributed by atoms with E-state index in [2.05, 4.69) is 5.32 Å². The summed E-state index contributed by atoms with van der Waals surface area (Å²) in [4.78, 5) is 37.6. The summed E-state index contributed by atoms with van der Waals surface area (Å²) in [5.41, 5.74) is -0.816. The number of nitrogens with one attached hydrogen (secondary N) is 1. The van der Waals surface area contributed by atoms with Crippen LogP contribution in [0.15, 0.2) is 0 Å². The van der Waals surface area contributed by atoms with Gasteiger partial charge in [-0.1, -0.05) is 12.8 Å². The molecule has 23 heavy (non-hydrogen) atoms. The maximum Gasteiger partial charge on any atom is 0.326 e. The Kier molecular flexibility index (Phi) is 5.62. The Labute approximate surface area is 136 Å². The zero-order valence-corrected chi connectivity index (χ0v) is 13.8. The summed E-state index contributed by atoms with van der Waals surface area (Å²) in [6, 6.07) is -1.37. The van der Waals surface area contributed by atoms with E-state index in [1.54, 1.807) is 13.8 Å². The highest BCUT2D eigenvalue weighted by Crippen LogP contribution is 2.32. The van der Waals surface area contributed by atoms with E-state index in [0.717, 1.165) is 12.8 Å². The van der Waals surface area contributed by atoms with Gasteiger partial charge >= 0.3 is 11.9 Å². The van der Waals surface area contributed by atoms with Crippen LogP contribution < -0.4 is 5.32 Å². The summed E-state index contributed by atoms with van der Waals surface area (Å²) in [5, 5.41) is 12.4. The molecule has 1 saturated heterocycles. The first kappa shape index (κ1) is 17.7. The molecule has 1 aliphatic carbocycles. The van der Waals surface area contributed by atoms with Crippen molar-refractivity contribution >= 4 is 17.8 Å². The Morgan fingerprint density at radius 3 is 2.52 bits per heavy atom. The van der Waals surface area contributed by atoms with Crippen LogP contribution in [0, 0.1) is 0 Å². The van der Waals surface area contributed by atoms with Gasteiger partial charge in [0.05, 0.1) is 12.6 Å². The fourth-order valence-electron chi connectivity index (χ4n) is 3.67. The first-order chi connectivity index (χ1) is 10.9. The summed E-state index contributed by atoms with van der Waals surface area (Å²) in [6.45, 7) is 4.21. The van der Waals surface area contributed by atoms with Gasteiger partial charge < -0.3 is 14.7 Å². The van der Waals surface area contributed by atoms with Crippen LogP contribution in [0.2, 0.25) is 0 Å². The summed E-state index contributed by atoms with van der Waals surface area (Å²) in [7, 11) is 0. The SMILES string of the molecule is CCOC(=O)C1(N[C@@H](C)C(=O)N2CCC[C@H]2C(=O)O)CCCC1. The van der Waals surface area contributed by atoms with E-state index in [1.165, 1.54) is 4.90 Å². The maximum absolute atomic E-state index is 12.6. The number of likely N-dealkylation sites (tertiary alicyclic amines) is 1. The van der Waals surface area contributed by atoms with Gasteiger partial charge in [-0.2, -0.15) is 0 Å². The van der Waals surface area contributed by atoms with Crippen molar-refractivity contribution in [1.82, 2.24) is 10.2 Å². The number of rotatable bonds is 6. The number of amides is 1. The molecule has 0 aromatic carbocycles. The molecule has 2 rings (SSSR count). The van der Waals surface area contributed by atoms with Crippen molar-refractivity contribution in [2.24, 2.45) is 0 Å². The van der Waals surface area contributed by atoms with Crippen LogP contribution in [0.3, 0.4) is 0 Å². The topological polar surface area (TPSA) is 95.9 Å². The van der Waals surface area contributed by atoms with Gasteiger partial charge in [0.15, 0.2) is 0 Å². The van der Waals surface area contributed by atoms with Gasteiger partial charge in [0.1, 0.15) is 11.6 Å². The Bertz CT molecular complexity index is 473. The standard InChI is InChI=1S/C16H26N2O5/c1-3-23-15(22)16(8-4-5-9-16)17-11(2)13(19)18-10-6-7-12(18)14(20)21/h11-12,17H,3-10H2,1-2H3,(H,20,21)/t11-,12-/m0/s1. The van der Waals surface area contributed by atoms with E-state index in [9.17, 15) is 19.5 Å². The maximum atomic E-state index is 12.6. The molecule has 1 amide bonds. The lowest BCUT2D eigenvalue weighted by Gasteiger charge is -2.33. The number of carbonyl (C=O) groups excluding carboxylic acids is 2. The molecule has 0 unspecified atom stereocenters. The molecule has 130 valence electrons. The van der Waals surface area contributed by atoms with Crippen LogP contribution in [0.1, 0.15) is 52.4 Å².